The minimum atomic E-state index is 0.102. The molecule has 0 saturated heterocycles. The van der Waals surface area contributed by atoms with Gasteiger partial charge in [-0.3, -0.25) is 0 Å². The number of nitrogens with two attached hydrogens (primary N) is 1. The number of para-hydroxylation sites is 1. The summed E-state index contributed by atoms with van der Waals surface area (Å²) in [6.45, 7) is 6.23. The van der Waals surface area contributed by atoms with Crippen LogP contribution in [0.2, 0.25) is 0 Å². The maximum absolute atomic E-state index is 6.10. The van der Waals surface area contributed by atoms with Crippen LogP contribution in [-0.4, -0.2) is 14.5 Å². The van der Waals surface area contributed by atoms with Gasteiger partial charge in [-0.05, 0) is 32.4 Å². The number of hydrogen-bond donors (Lipinski definition) is 1. The van der Waals surface area contributed by atoms with Crippen molar-refractivity contribution in [2.75, 3.05) is 5.73 Å². The number of aromatic nitrogens is 3. The van der Waals surface area contributed by atoms with Crippen LogP contribution in [-0.2, 0) is 0 Å². The van der Waals surface area contributed by atoms with Gasteiger partial charge in [0.15, 0.2) is 0 Å². The third-order valence-electron chi connectivity index (χ3n) is 3.33. The average molecular weight is 272 g/mol. The highest BCUT2D eigenvalue weighted by Crippen LogP contribution is 2.30. The summed E-state index contributed by atoms with van der Waals surface area (Å²) in [5.41, 5.74) is 9.28. The Kier molecular flexibility index (Phi) is 2.78. The Morgan fingerprint density at radius 3 is 2.79 bits per heavy atom. The number of anilines is 1. The van der Waals surface area contributed by atoms with Gasteiger partial charge in [-0.2, -0.15) is 0 Å². The molecular formula is C14H16N4S. The van der Waals surface area contributed by atoms with Crippen molar-refractivity contribution in [1.82, 2.24) is 14.5 Å². The van der Waals surface area contributed by atoms with E-state index in [4.69, 9.17) is 5.73 Å². The van der Waals surface area contributed by atoms with Gasteiger partial charge in [0, 0.05) is 11.1 Å². The van der Waals surface area contributed by atoms with Crippen molar-refractivity contribution in [2.24, 2.45) is 0 Å². The lowest BCUT2D eigenvalue weighted by molar-refractivity contribution is 0.662. The molecule has 0 amide bonds. The highest BCUT2D eigenvalue weighted by atomic mass is 32.1. The van der Waals surface area contributed by atoms with E-state index in [1.54, 1.807) is 11.3 Å². The molecule has 0 radical (unpaired) electrons. The lowest BCUT2D eigenvalue weighted by Gasteiger charge is -2.13. The maximum Gasteiger partial charge on any atom is 0.201 e. The first-order chi connectivity index (χ1) is 9.08. The predicted molar refractivity (Wildman–Crippen MR) is 79.5 cm³/mol. The van der Waals surface area contributed by atoms with Crippen LogP contribution in [0.15, 0.2) is 24.4 Å². The molecule has 1 unspecified atom stereocenters. The Morgan fingerprint density at radius 2 is 2.11 bits per heavy atom. The molecule has 0 fully saturated rings. The standard InChI is InChI=1S/C14H16N4S/c1-8-5-4-6-11-12(8)17-14(15)18(11)10(3)13-16-7-9(2)19-13/h4-7,10H,1-3H3,(H2,15,17). The molecule has 5 heteroatoms. The van der Waals surface area contributed by atoms with Crippen LogP contribution in [0.25, 0.3) is 11.0 Å². The van der Waals surface area contributed by atoms with Gasteiger partial charge in [0.1, 0.15) is 5.01 Å². The molecule has 1 aromatic carbocycles. The van der Waals surface area contributed by atoms with Crippen molar-refractivity contribution in [3.63, 3.8) is 0 Å². The van der Waals surface area contributed by atoms with Crippen LogP contribution in [0.4, 0.5) is 5.95 Å². The van der Waals surface area contributed by atoms with E-state index in [2.05, 4.69) is 47.4 Å². The molecule has 1 atom stereocenters. The molecule has 4 nitrogen and oxygen atoms in total. The molecule has 2 N–H and O–H groups in total. The zero-order valence-electron chi connectivity index (χ0n) is 11.2. The second-order valence-electron chi connectivity index (χ2n) is 4.77. The fraction of sp³-hybridized carbons (Fsp3) is 0.286. The van der Waals surface area contributed by atoms with Gasteiger partial charge in [-0.15, -0.1) is 11.3 Å². The van der Waals surface area contributed by atoms with Crippen molar-refractivity contribution in [3.8, 4) is 0 Å². The third kappa shape index (κ3) is 1.90. The molecule has 0 saturated carbocycles. The van der Waals surface area contributed by atoms with E-state index in [-0.39, 0.29) is 6.04 Å². The number of fused-ring (bicyclic) bond motifs is 1. The maximum atomic E-state index is 6.10. The monoisotopic (exact) mass is 272 g/mol. The van der Waals surface area contributed by atoms with Gasteiger partial charge in [0.25, 0.3) is 0 Å². The van der Waals surface area contributed by atoms with E-state index in [0.29, 0.717) is 5.95 Å². The zero-order chi connectivity index (χ0) is 13.6. The fourth-order valence-electron chi connectivity index (χ4n) is 2.36. The van der Waals surface area contributed by atoms with Crippen LogP contribution in [0.3, 0.4) is 0 Å². The number of nitrogens with zero attached hydrogens (tertiary/aromatic N) is 3. The Bertz CT molecular complexity index is 741. The van der Waals surface area contributed by atoms with Crippen molar-refractivity contribution in [3.05, 3.63) is 39.8 Å². The van der Waals surface area contributed by atoms with Gasteiger partial charge in [0.2, 0.25) is 5.95 Å². The number of hydrogen-bond acceptors (Lipinski definition) is 4. The van der Waals surface area contributed by atoms with Gasteiger partial charge in [0.05, 0.1) is 17.1 Å². The average Bonchev–Trinajstić information content (AvgIpc) is 2.93. The Labute approximate surface area is 115 Å². The van der Waals surface area contributed by atoms with Gasteiger partial charge in [-0.25, -0.2) is 9.97 Å². The Balaban J connectivity index is 2.19. The third-order valence-corrected chi connectivity index (χ3v) is 4.42. The Hall–Kier alpha value is -1.88. The largest absolute Gasteiger partial charge is 0.369 e. The summed E-state index contributed by atoms with van der Waals surface area (Å²) in [6.07, 6.45) is 1.90. The first-order valence-electron chi connectivity index (χ1n) is 6.23. The Morgan fingerprint density at radius 1 is 1.32 bits per heavy atom. The first-order valence-corrected chi connectivity index (χ1v) is 7.05. The van der Waals surface area contributed by atoms with Crippen LogP contribution >= 0.6 is 11.3 Å². The molecule has 3 rings (SSSR count). The topological polar surface area (TPSA) is 56.7 Å². The van der Waals surface area contributed by atoms with Crippen LogP contribution in [0, 0.1) is 13.8 Å². The summed E-state index contributed by atoms with van der Waals surface area (Å²) in [7, 11) is 0. The van der Waals surface area contributed by atoms with Crippen molar-refractivity contribution < 1.29 is 0 Å². The predicted octanol–water partition coefficient (Wildman–Crippen LogP) is 3.30. The number of nitrogen functional groups attached to an aromatic ring is 1. The highest BCUT2D eigenvalue weighted by Gasteiger charge is 2.18. The van der Waals surface area contributed by atoms with Crippen molar-refractivity contribution in [1.29, 1.82) is 0 Å². The van der Waals surface area contributed by atoms with E-state index in [1.165, 1.54) is 4.88 Å². The van der Waals surface area contributed by atoms with E-state index in [0.717, 1.165) is 21.6 Å². The minimum absolute atomic E-state index is 0.102. The first kappa shape index (κ1) is 12.2. The molecule has 2 aromatic heterocycles. The van der Waals surface area contributed by atoms with Gasteiger partial charge < -0.3 is 10.3 Å². The molecule has 0 aliphatic heterocycles. The number of rotatable bonds is 2. The molecule has 98 valence electrons. The summed E-state index contributed by atoms with van der Waals surface area (Å²) in [4.78, 5) is 10.1. The second-order valence-corrected chi connectivity index (χ2v) is 6.03. The zero-order valence-corrected chi connectivity index (χ0v) is 12.0. The second kappa shape index (κ2) is 4.35. The van der Waals surface area contributed by atoms with E-state index in [9.17, 15) is 0 Å². The van der Waals surface area contributed by atoms with Crippen molar-refractivity contribution >= 4 is 28.3 Å². The summed E-state index contributed by atoms with van der Waals surface area (Å²) >= 11 is 1.70. The summed E-state index contributed by atoms with van der Waals surface area (Å²) in [5, 5.41) is 1.06. The highest BCUT2D eigenvalue weighted by molar-refractivity contribution is 7.11. The van der Waals surface area contributed by atoms with Crippen LogP contribution < -0.4 is 5.73 Å². The van der Waals surface area contributed by atoms with Gasteiger partial charge >= 0.3 is 0 Å². The van der Waals surface area contributed by atoms with Crippen molar-refractivity contribution in [2.45, 2.75) is 26.8 Å². The molecule has 2 heterocycles. The molecule has 0 aliphatic carbocycles. The normalized spacial score (nSPS) is 13.0. The minimum Gasteiger partial charge on any atom is -0.369 e. The molecular weight excluding hydrogens is 256 g/mol. The lowest BCUT2D eigenvalue weighted by atomic mass is 10.2. The molecule has 0 aliphatic rings. The van der Waals surface area contributed by atoms with Crippen LogP contribution in [0.1, 0.15) is 28.4 Å². The SMILES string of the molecule is Cc1cnc(C(C)n2c(N)nc3c(C)cccc32)s1. The quantitative estimate of drug-likeness (QED) is 0.778. The van der Waals surface area contributed by atoms with E-state index < -0.39 is 0 Å². The summed E-state index contributed by atoms with van der Waals surface area (Å²) < 4.78 is 2.06. The number of thiazole rings is 1. The molecule has 0 spiro atoms. The number of aryl methyl sites for hydroxylation is 2. The lowest BCUT2D eigenvalue weighted by Crippen LogP contribution is -2.09. The fourth-order valence-corrected chi connectivity index (χ4v) is 3.17. The summed E-state index contributed by atoms with van der Waals surface area (Å²) in [5.74, 6) is 0.546. The summed E-state index contributed by atoms with van der Waals surface area (Å²) in [6, 6.07) is 6.25. The van der Waals surface area contributed by atoms with E-state index in [1.807, 2.05) is 12.3 Å². The van der Waals surface area contributed by atoms with E-state index >= 15 is 0 Å². The number of imidazole rings is 1. The number of benzene rings is 1. The molecule has 0 bridgehead atoms. The molecule has 19 heavy (non-hydrogen) atoms. The smallest absolute Gasteiger partial charge is 0.201 e. The van der Waals surface area contributed by atoms with Crippen LogP contribution in [0.5, 0.6) is 0 Å². The molecule has 3 aromatic rings. The van der Waals surface area contributed by atoms with Gasteiger partial charge in [-0.1, -0.05) is 12.1 Å².